The molecule has 7 rings (SSSR count). The standard InChI is InChI=1S/C40H63FN4O5/c1-39(2,3)50-38(48)44-14-10-13-25-15-26(17-30(25)44)33-29(41)19-27-34-36(33)49-32-18-24-12-9-8-11-23(24)16-31(32)45(34)20-28(35(27)46)37(47)42-21-40(4,5)22-43(6)7/h20,23-27,29-34,36H,8-19,21-22H2,1-7H3,(H,42,47). The van der Waals surface area contributed by atoms with Crippen molar-refractivity contribution in [1.29, 1.82) is 0 Å². The summed E-state index contributed by atoms with van der Waals surface area (Å²) in [6.45, 7) is 11.8. The first-order valence-corrected chi connectivity index (χ1v) is 19.9. The zero-order chi connectivity index (χ0) is 35.7. The van der Waals surface area contributed by atoms with E-state index in [1.165, 1.54) is 25.7 Å². The zero-order valence-corrected chi connectivity index (χ0v) is 31.7. The molecule has 2 amide bonds. The Morgan fingerprint density at radius 1 is 0.940 bits per heavy atom. The first-order chi connectivity index (χ1) is 23.6. The van der Waals surface area contributed by atoms with Crippen molar-refractivity contribution in [3.8, 4) is 0 Å². The third-order valence-electron chi connectivity index (χ3n) is 13.5. The number of rotatable bonds is 6. The van der Waals surface area contributed by atoms with Gasteiger partial charge in [-0.05, 0) is 109 Å². The molecule has 12 unspecified atom stereocenters. The minimum Gasteiger partial charge on any atom is -0.444 e. The molecule has 2 saturated heterocycles. The highest BCUT2D eigenvalue weighted by Crippen LogP contribution is 2.55. The van der Waals surface area contributed by atoms with Crippen LogP contribution in [0.2, 0.25) is 0 Å². The number of likely N-dealkylation sites (tertiary alicyclic amines) is 1. The average Bonchev–Trinajstić information content (AvgIpc) is 3.46. The summed E-state index contributed by atoms with van der Waals surface area (Å²) < 4.78 is 29.9. The fraction of sp³-hybridized carbons (Fsp3) is 0.875. The molecule has 3 aliphatic heterocycles. The summed E-state index contributed by atoms with van der Waals surface area (Å²) in [5.74, 6) is 0.0864. The molecular weight excluding hydrogens is 635 g/mol. The SMILES string of the molecule is CN(C)CC(C)(C)CNC(=O)C1=CN2C3CC4CCCCC4CC3OC3C(C4CC5CCCN(C(=O)OC(C)(C)C)C5C4)C(F)CC(C1=O)C32. The Kier molecular flexibility index (Phi) is 9.88. The summed E-state index contributed by atoms with van der Waals surface area (Å²) >= 11 is 0. The van der Waals surface area contributed by atoms with Gasteiger partial charge < -0.3 is 29.5 Å². The minimum absolute atomic E-state index is 0.0403. The molecule has 4 aliphatic carbocycles. The van der Waals surface area contributed by atoms with Gasteiger partial charge in [-0.2, -0.15) is 0 Å². The van der Waals surface area contributed by atoms with E-state index in [2.05, 4.69) is 29.0 Å². The first-order valence-electron chi connectivity index (χ1n) is 19.9. The van der Waals surface area contributed by atoms with E-state index in [0.717, 1.165) is 45.1 Å². The Bertz CT molecular complexity index is 1340. The fourth-order valence-electron chi connectivity index (χ4n) is 11.8. The van der Waals surface area contributed by atoms with E-state index in [1.807, 2.05) is 46.0 Å². The number of carbonyl (C=O) groups excluding carboxylic acids is 3. The van der Waals surface area contributed by atoms with Crippen LogP contribution in [0.1, 0.15) is 105 Å². The Morgan fingerprint density at radius 2 is 1.62 bits per heavy atom. The zero-order valence-electron chi connectivity index (χ0n) is 31.7. The third kappa shape index (κ3) is 6.97. The Labute approximate surface area is 299 Å². The van der Waals surface area contributed by atoms with Crippen molar-refractivity contribution in [2.75, 3.05) is 33.7 Å². The molecule has 280 valence electrons. The maximum atomic E-state index is 17.0. The lowest BCUT2D eigenvalue weighted by Gasteiger charge is -2.61. The second kappa shape index (κ2) is 13.7. The van der Waals surface area contributed by atoms with Gasteiger partial charge in [0.1, 0.15) is 11.8 Å². The van der Waals surface area contributed by atoms with Gasteiger partial charge in [-0.25, -0.2) is 9.18 Å². The molecule has 0 aromatic carbocycles. The number of amides is 2. The highest BCUT2D eigenvalue weighted by molar-refractivity contribution is 6.20. The summed E-state index contributed by atoms with van der Waals surface area (Å²) in [6, 6.07) is -0.143. The summed E-state index contributed by atoms with van der Waals surface area (Å²) in [5, 5.41) is 3.09. The number of alkyl halides is 1. The van der Waals surface area contributed by atoms with Crippen molar-refractivity contribution in [1.82, 2.24) is 20.0 Å². The second-order valence-corrected chi connectivity index (χ2v) is 19.2. The van der Waals surface area contributed by atoms with Crippen LogP contribution in [0.3, 0.4) is 0 Å². The number of morpholine rings is 1. The number of piperidine rings is 1. The van der Waals surface area contributed by atoms with Crippen molar-refractivity contribution < 1.29 is 28.2 Å². The molecule has 0 bridgehead atoms. The van der Waals surface area contributed by atoms with Gasteiger partial charge in [-0.1, -0.05) is 39.5 Å². The van der Waals surface area contributed by atoms with Gasteiger partial charge in [0.25, 0.3) is 5.91 Å². The summed E-state index contributed by atoms with van der Waals surface area (Å²) in [4.78, 5) is 47.8. The lowest BCUT2D eigenvalue weighted by atomic mass is 9.62. The number of hydrogen-bond donors (Lipinski definition) is 1. The smallest absolute Gasteiger partial charge is 0.410 e. The largest absolute Gasteiger partial charge is 0.444 e. The monoisotopic (exact) mass is 698 g/mol. The van der Waals surface area contributed by atoms with E-state index in [4.69, 9.17) is 9.47 Å². The van der Waals surface area contributed by atoms with Crippen molar-refractivity contribution in [2.45, 2.75) is 147 Å². The van der Waals surface area contributed by atoms with Crippen LogP contribution in [0, 0.1) is 40.9 Å². The van der Waals surface area contributed by atoms with Crippen LogP contribution < -0.4 is 5.32 Å². The van der Waals surface area contributed by atoms with E-state index in [0.29, 0.717) is 30.8 Å². The number of nitrogens with zero attached hydrogens (tertiary/aromatic N) is 3. The summed E-state index contributed by atoms with van der Waals surface area (Å²) in [7, 11) is 4.03. The Morgan fingerprint density at radius 3 is 2.32 bits per heavy atom. The minimum atomic E-state index is -1.21. The normalized spacial score (nSPS) is 39.9. The molecule has 0 spiro atoms. The molecule has 9 nitrogen and oxygen atoms in total. The van der Waals surface area contributed by atoms with Gasteiger partial charge in [0, 0.05) is 43.7 Å². The van der Waals surface area contributed by atoms with Gasteiger partial charge >= 0.3 is 6.09 Å². The number of ether oxygens (including phenoxy) is 2. The number of Topliss-reactive ketones (excluding diaryl/α,β-unsaturated/α-hetero) is 1. The quantitative estimate of drug-likeness (QED) is 0.343. The molecule has 12 atom stereocenters. The van der Waals surface area contributed by atoms with Crippen LogP contribution in [0.4, 0.5) is 9.18 Å². The molecule has 1 N–H and O–H groups in total. The van der Waals surface area contributed by atoms with E-state index in [-0.39, 0.29) is 71.3 Å². The topological polar surface area (TPSA) is 91.4 Å². The van der Waals surface area contributed by atoms with Gasteiger partial charge in [0.05, 0.1) is 29.9 Å². The van der Waals surface area contributed by atoms with Crippen LogP contribution in [0.25, 0.3) is 0 Å². The van der Waals surface area contributed by atoms with Crippen molar-refractivity contribution in [3.63, 3.8) is 0 Å². The third-order valence-corrected chi connectivity index (χ3v) is 13.5. The molecule has 0 radical (unpaired) electrons. The van der Waals surface area contributed by atoms with Crippen molar-refractivity contribution in [3.05, 3.63) is 11.8 Å². The van der Waals surface area contributed by atoms with Crippen LogP contribution in [0.5, 0.6) is 0 Å². The van der Waals surface area contributed by atoms with Crippen molar-refractivity contribution in [2.24, 2.45) is 40.9 Å². The first kappa shape index (κ1) is 36.2. The molecule has 6 fully saturated rings. The predicted octanol–water partition coefficient (Wildman–Crippen LogP) is 5.96. The number of hydrogen-bond acceptors (Lipinski definition) is 7. The lowest BCUT2D eigenvalue weighted by Crippen LogP contribution is -2.71. The number of ketones is 1. The molecule has 0 aromatic heterocycles. The highest BCUT2D eigenvalue weighted by Gasteiger charge is 2.62. The van der Waals surface area contributed by atoms with Crippen LogP contribution >= 0.6 is 0 Å². The number of carbonyl (C=O) groups is 3. The molecule has 0 aromatic rings. The Hall–Kier alpha value is -2.20. The van der Waals surface area contributed by atoms with E-state index < -0.39 is 23.8 Å². The lowest BCUT2D eigenvalue weighted by molar-refractivity contribution is -0.224. The van der Waals surface area contributed by atoms with Crippen molar-refractivity contribution >= 4 is 17.8 Å². The summed E-state index contributed by atoms with van der Waals surface area (Å²) in [6.07, 6.45) is 10.6. The van der Waals surface area contributed by atoms with Gasteiger partial charge in [-0.3, -0.25) is 9.59 Å². The van der Waals surface area contributed by atoms with Gasteiger partial charge in [-0.15, -0.1) is 0 Å². The van der Waals surface area contributed by atoms with Gasteiger partial charge in [0.2, 0.25) is 0 Å². The van der Waals surface area contributed by atoms with E-state index >= 15 is 4.39 Å². The van der Waals surface area contributed by atoms with Crippen LogP contribution in [-0.2, 0) is 19.1 Å². The molecule has 50 heavy (non-hydrogen) atoms. The van der Waals surface area contributed by atoms with Crippen LogP contribution in [-0.4, -0.2) is 108 Å². The number of halogens is 1. The molecule has 10 heteroatoms. The molecular formula is C40H63FN4O5. The highest BCUT2D eigenvalue weighted by atomic mass is 19.1. The van der Waals surface area contributed by atoms with Crippen LogP contribution in [0.15, 0.2) is 11.8 Å². The molecule has 7 aliphatic rings. The molecule has 3 heterocycles. The molecule has 4 saturated carbocycles. The fourth-order valence-corrected chi connectivity index (χ4v) is 11.8. The average molecular weight is 699 g/mol. The van der Waals surface area contributed by atoms with E-state index in [9.17, 15) is 14.4 Å². The second-order valence-electron chi connectivity index (χ2n) is 19.2. The van der Waals surface area contributed by atoms with Gasteiger partial charge in [0.15, 0.2) is 5.78 Å². The Balaban J connectivity index is 1.17. The summed E-state index contributed by atoms with van der Waals surface area (Å²) in [5.41, 5.74) is -0.562. The maximum absolute atomic E-state index is 17.0. The maximum Gasteiger partial charge on any atom is 0.410 e. The number of fused-ring (bicyclic) bond motifs is 4. The van der Waals surface area contributed by atoms with E-state index in [1.54, 1.807) is 0 Å². The predicted molar refractivity (Wildman–Crippen MR) is 190 cm³/mol. The number of nitrogens with one attached hydrogen (secondary N) is 1.